The monoisotopic (exact) mass is 487 g/mol. The van der Waals surface area contributed by atoms with Crippen molar-refractivity contribution < 1.29 is 14.6 Å². The summed E-state index contributed by atoms with van der Waals surface area (Å²) in [6.45, 7) is 3.88. The van der Waals surface area contributed by atoms with Crippen molar-refractivity contribution in [3.05, 3.63) is 120 Å². The fraction of sp³-hybridized carbons (Fsp3) is 0.0645. The Kier molecular flexibility index (Phi) is 6.64. The first-order valence-corrected chi connectivity index (χ1v) is 11.9. The minimum Gasteiger partial charge on any atom is -0.505 e. The van der Waals surface area contributed by atoms with E-state index in [0.29, 0.717) is 22.5 Å². The van der Waals surface area contributed by atoms with E-state index in [1.807, 2.05) is 86.6 Å². The molecule has 37 heavy (non-hydrogen) atoms. The maximum atomic E-state index is 13.2. The van der Waals surface area contributed by atoms with Crippen LogP contribution in [0.2, 0.25) is 0 Å². The number of phenols is 1. The lowest BCUT2D eigenvalue weighted by atomic mass is 10.0. The summed E-state index contributed by atoms with van der Waals surface area (Å²) in [5, 5.41) is 24.2. The number of para-hydroxylation sites is 2. The molecule has 182 valence electrons. The van der Waals surface area contributed by atoms with Crippen molar-refractivity contribution in [1.82, 2.24) is 0 Å². The number of phenolic OH excluding ortho intramolecular Hbond substituents is 1. The summed E-state index contributed by atoms with van der Waals surface area (Å²) in [7, 11) is 0. The smallest absolute Gasteiger partial charge is 0.259 e. The molecule has 5 aromatic rings. The van der Waals surface area contributed by atoms with Crippen LogP contribution in [-0.4, -0.2) is 11.0 Å². The summed E-state index contributed by atoms with van der Waals surface area (Å²) in [4.78, 5) is 13.2. The van der Waals surface area contributed by atoms with E-state index in [9.17, 15) is 9.90 Å². The lowest BCUT2D eigenvalue weighted by Gasteiger charge is -2.13. The largest absolute Gasteiger partial charge is 0.505 e. The number of anilines is 1. The Labute approximate surface area is 214 Å². The molecule has 0 saturated heterocycles. The first-order valence-electron chi connectivity index (χ1n) is 11.9. The molecule has 0 aliphatic heterocycles. The second-order valence-electron chi connectivity index (χ2n) is 8.72. The van der Waals surface area contributed by atoms with Gasteiger partial charge in [-0.25, -0.2) is 0 Å². The van der Waals surface area contributed by atoms with Gasteiger partial charge in [0.25, 0.3) is 5.91 Å². The van der Waals surface area contributed by atoms with Crippen molar-refractivity contribution in [3.8, 4) is 17.2 Å². The number of carbonyl (C=O) groups excluding carboxylic acids is 1. The highest BCUT2D eigenvalue weighted by molar-refractivity contribution is 6.12. The minimum atomic E-state index is -0.422. The molecule has 0 saturated carbocycles. The molecule has 5 aromatic carbocycles. The first-order chi connectivity index (χ1) is 18.0. The van der Waals surface area contributed by atoms with E-state index < -0.39 is 5.91 Å². The molecule has 0 unspecified atom stereocenters. The van der Waals surface area contributed by atoms with Gasteiger partial charge in [0.15, 0.2) is 5.75 Å². The van der Waals surface area contributed by atoms with Gasteiger partial charge in [-0.3, -0.25) is 4.79 Å². The van der Waals surface area contributed by atoms with Gasteiger partial charge in [0, 0.05) is 11.1 Å². The number of amides is 1. The van der Waals surface area contributed by atoms with Crippen LogP contribution in [0.25, 0.3) is 10.8 Å². The molecular weight excluding hydrogens is 462 g/mol. The maximum Gasteiger partial charge on any atom is 0.259 e. The van der Waals surface area contributed by atoms with Crippen LogP contribution < -0.4 is 10.1 Å². The van der Waals surface area contributed by atoms with Crippen molar-refractivity contribution in [2.45, 2.75) is 13.8 Å². The molecule has 0 aromatic heterocycles. The van der Waals surface area contributed by atoms with Crippen LogP contribution in [0.4, 0.5) is 17.1 Å². The molecule has 0 atom stereocenters. The highest BCUT2D eigenvalue weighted by Gasteiger charge is 2.19. The zero-order valence-electron chi connectivity index (χ0n) is 20.5. The van der Waals surface area contributed by atoms with E-state index in [1.54, 1.807) is 30.3 Å². The number of carbonyl (C=O) groups is 1. The lowest BCUT2D eigenvalue weighted by Crippen LogP contribution is -2.13. The molecule has 0 heterocycles. The van der Waals surface area contributed by atoms with E-state index in [0.717, 1.165) is 22.3 Å². The lowest BCUT2D eigenvalue weighted by molar-refractivity contribution is 0.102. The number of nitrogens with zero attached hydrogens (tertiary/aromatic N) is 2. The highest BCUT2D eigenvalue weighted by Crippen LogP contribution is 2.40. The topological polar surface area (TPSA) is 83.3 Å². The summed E-state index contributed by atoms with van der Waals surface area (Å²) in [6.07, 6.45) is 0. The van der Waals surface area contributed by atoms with Gasteiger partial charge in [-0.1, -0.05) is 60.2 Å². The molecule has 0 radical (unpaired) electrons. The Morgan fingerprint density at radius 3 is 2.24 bits per heavy atom. The molecule has 0 fully saturated rings. The van der Waals surface area contributed by atoms with Gasteiger partial charge < -0.3 is 15.2 Å². The molecule has 0 bridgehead atoms. The quantitative estimate of drug-likeness (QED) is 0.235. The number of hydrogen-bond acceptors (Lipinski definition) is 5. The molecule has 0 aliphatic carbocycles. The Hall–Kier alpha value is -4.97. The molecule has 2 N–H and O–H groups in total. The van der Waals surface area contributed by atoms with Crippen LogP contribution in [0.1, 0.15) is 21.5 Å². The van der Waals surface area contributed by atoms with Crippen LogP contribution in [0.15, 0.2) is 113 Å². The minimum absolute atomic E-state index is 0.127. The maximum absolute atomic E-state index is 13.2. The van der Waals surface area contributed by atoms with Gasteiger partial charge in [0.2, 0.25) is 0 Å². The average Bonchev–Trinajstić information content (AvgIpc) is 2.90. The van der Waals surface area contributed by atoms with Crippen molar-refractivity contribution in [2.75, 3.05) is 5.32 Å². The van der Waals surface area contributed by atoms with Gasteiger partial charge in [0.1, 0.15) is 17.2 Å². The van der Waals surface area contributed by atoms with E-state index in [2.05, 4.69) is 15.5 Å². The Morgan fingerprint density at radius 1 is 0.784 bits per heavy atom. The van der Waals surface area contributed by atoms with Crippen molar-refractivity contribution in [1.29, 1.82) is 0 Å². The predicted molar refractivity (Wildman–Crippen MR) is 147 cm³/mol. The molecule has 0 aliphatic rings. The van der Waals surface area contributed by atoms with Crippen LogP contribution in [0.5, 0.6) is 17.2 Å². The summed E-state index contributed by atoms with van der Waals surface area (Å²) in [5.74, 6) is 0.762. The summed E-state index contributed by atoms with van der Waals surface area (Å²) in [5.41, 5.74) is 3.57. The average molecular weight is 488 g/mol. The molecule has 5 rings (SSSR count). The van der Waals surface area contributed by atoms with E-state index >= 15 is 0 Å². The standard InChI is InChI=1S/C31H25N3O3/c1-20-12-17-26-22(18-20)19-27(31(36)32-28-11-7-6-8-21(28)2)30(35)29(26)34-33-23-13-15-25(16-14-23)37-24-9-4-3-5-10-24/h3-19,35H,1-2H3,(H,32,36). The fourth-order valence-electron chi connectivity index (χ4n) is 3.99. The number of fused-ring (bicyclic) bond motifs is 1. The van der Waals surface area contributed by atoms with Gasteiger partial charge in [-0.2, -0.15) is 5.11 Å². The van der Waals surface area contributed by atoms with Crippen molar-refractivity contribution in [2.24, 2.45) is 10.2 Å². The number of benzene rings is 5. The second-order valence-corrected chi connectivity index (χ2v) is 8.72. The van der Waals surface area contributed by atoms with Gasteiger partial charge in [-0.05, 0) is 73.3 Å². The zero-order chi connectivity index (χ0) is 25.8. The van der Waals surface area contributed by atoms with Crippen LogP contribution in [0.3, 0.4) is 0 Å². The zero-order valence-corrected chi connectivity index (χ0v) is 20.5. The van der Waals surface area contributed by atoms with Gasteiger partial charge in [0.05, 0.1) is 11.3 Å². The van der Waals surface area contributed by atoms with Crippen LogP contribution >= 0.6 is 0 Å². The second kappa shape index (κ2) is 10.3. The van der Waals surface area contributed by atoms with E-state index in [4.69, 9.17) is 4.74 Å². The number of hydrogen-bond donors (Lipinski definition) is 2. The third-order valence-electron chi connectivity index (χ3n) is 5.96. The molecule has 1 amide bonds. The molecule has 6 heteroatoms. The Bertz CT molecular complexity index is 1610. The number of azo groups is 1. The highest BCUT2D eigenvalue weighted by atomic mass is 16.5. The number of ether oxygens (including phenoxy) is 1. The molecule has 6 nitrogen and oxygen atoms in total. The van der Waals surface area contributed by atoms with E-state index in [1.165, 1.54) is 0 Å². The predicted octanol–water partition coefficient (Wildman–Crippen LogP) is 8.62. The van der Waals surface area contributed by atoms with E-state index in [-0.39, 0.29) is 17.0 Å². The SMILES string of the molecule is Cc1ccc2c(N=Nc3ccc(Oc4ccccc4)cc3)c(O)c(C(=O)Nc3ccccc3C)cc2c1. The van der Waals surface area contributed by atoms with Crippen LogP contribution in [0, 0.1) is 13.8 Å². The number of nitrogens with one attached hydrogen (secondary N) is 1. The Balaban J connectivity index is 1.47. The summed E-state index contributed by atoms with van der Waals surface area (Å²) in [6, 6.07) is 31.6. The third-order valence-corrected chi connectivity index (χ3v) is 5.96. The first kappa shape index (κ1) is 23.8. The fourth-order valence-corrected chi connectivity index (χ4v) is 3.99. The molecule has 0 spiro atoms. The van der Waals surface area contributed by atoms with Crippen LogP contribution in [-0.2, 0) is 0 Å². The third kappa shape index (κ3) is 5.33. The Morgan fingerprint density at radius 2 is 1.49 bits per heavy atom. The van der Waals surface area contributed by atoms with Gasteiger partial charge in [-0.15, -0.1) is 5.11 Å². The number of rotatable bonds is 6. The number of aryl methyl sites for hydroxylation is 2. The van der Waals surface area contributed by atoms with Gasteiger partial charge >= 0.3 is 0 Å². The summed E-state index contributed by atoms with van der Waals surface area (Å²) >= 11 is 0. The number of aromatic hydroxyl groups is 1. The van der Waals surface area contributed by atoms with Crippen molar-refractivity contribution in [3.63, 3.8) is 0 Å². The normalized spacial score (nSPS) is 11.1. The van der Waals surface area contributed by atoms with Crippen molar-refractivity contribution >= 4 is 33.7 Å². The molecular formula is C31H25N3O3. The summed E-state index contributed by atoms with van der Waals surface area (Å²) < 4.78 is 5.83.